The highest BCUT2D eigenvalue weighted by atomic mass is 35.5. The summed E-state index contributed by atoms with van der Waals surface area (Å²) in [6.07, 6.45) is 0. The van der Waals surface area contributed by atoms with Gasteiger partial charge in [0.05, 0.1) is 11.5 Å². The highest BCUT2D eigenvalue weighted by Gasteiger charge is 2.20. The van der Waals surface area contributed by atoms with Gasteiger partial charge in [-0.2, -0.15) is 0 Å². The SMILES string of the molecule is CCOc1ccc(C(=O)N(C)Cc2ccc(Cl)cc2)cc1[N+](=O)[O-]. The van der Waals surface area contributed by atoms with E-state index in [9.17, 15) is 14.9 Å². The summed E-state index contributed by atoms with van der Waals surface area (Å²) in [5.74, 6) is -0.157. The molecule has 1 amide bonds. The highest BCUT2D eigenvalue weighted by molar-refractivity contribution is 6.30. The number of carbonyl (C=O) groups is 1. The number of carbonyl (C=O) groups excluding carboxylic acids is 1. The molecule has 0 aliphatic carbocycles. The summed E-state index contributed by atoms with van der Waals surface area (Å²) in [6, 6.07) is 11.4. The number of hydrogen-bond donors (Lipinski definition) is 0. The van der Waals surface area contributed by atoms with Gasteiger partial charge in [0, 0.05) is 30.2 Å². The van der Waals surface area contributed by atoms with E-state index in [1.165, 1.54) is 23.1 Å². The molecule has 0 unspecified atom stereocenters. The van der Waals surface area contributed by atoms with E-state index in [4.69, 9.17) is 16.3 Å². The van der Waals surface area contributed by atoms with Crippen LogP contribution in [-0.4, -0.2) is 29.4 Å². The number of nitro groups is 1. The number of halogens is 1. The predicted molar refractivity (Wildman–Crippen MR) is 91.5 cm³/mol. The van der Waals surface area contributed by atoms with E-state index in [0.717, 1.165) is 5.56 Å². The molecule has 0 fully saturated rings. The average Bonchev–Trinajstić information content (AvgIpc) is 2.56. The van der Waals surface area contributed by atoms with Crippen molar-refractivity contribution in [1.29, 1.82) is 0 Å². The average molecular weight is 349 g/mol. The van der Waals surface area contributed by atoms with Crippen LogP contribution in [0.5, 0.6) is 5.75 Å². The molecular weight excluding hydrogens is 332 g/mol. The number of benzene rings is 2. The molecule has 126 valence electrons. The molecule has 0 bridgehead atoms. The third-order valence-corrected chi connectivity index (χ3v) is 3.63. The van der Waals surface area contributed by atoms with Crippen LogP contribution >= 0.6 is 11.6 Å². The topological polar surface area (TPSA) is 72.7 Å². The molecule has 2 rings (SSSR count). The summed E-state index contributed by atoms with van der Waals surface area (Å²) in [4.78, 5) is 24.6. The monoisotopic (exact) mass is 348 g/mol. The van der Waals surface area contributed by atoms with Crippen LogP contribution in [0.3, 0.4) is 0 Å². The second-order valence-electron chi connectivity index (χ2n) is 5.16. The van der Waals surface area contributed by atoms with Crippen LogP contribution in [0.4, 0.5) is 5.69 Å². The van der Waals surface area contributed by atoms with Crippen LogP contribution in [0.25, 0.3) is 0 Å². The van der Waals surface area contributed by atoms with Crippen molar-refractivity contribution >= 4 is 23.2 Å². The van der Waals surface area contributed by atoms with Crippen LogP contribution in [0.2, 0.25) is 5.02 Å². The molecule has 0 saturated carbocycles. The van der Waals surface area contributed by atoms with Crippen molar-refractivity contribution in [3.8, 4) is 5.75 Å². The summed E-state index contributed by atoms with van der Waals surface area (Å²) >= 11 is 5.84. The Morgan fingerprint density at radius 2 is 1.92 bits per heavy atom. The van der Waals surface area contributed by atoms with Gasteiger partial charge in [-0.1, -0.05) is 23.7 Å². The van der Waals surface area contributed by atoms with Gasteiger partial charge in [0.25, 0.3) is 5.91 Å². The zero-order valence-corrected chi connectivity index (χ0v) is 14.1. The van der Waals surface area contributed by atoms with Crippen LogP contribution in [-0.2, 0) is 6.54 Å². The second-order valence-corrected chi connectivity index (χ2v) is 5.60. The zero-order chi connectivity index (χ0) is 17.7. The van der Waals surface area contributed by atoms with E-state index >= 15 is 0 Å². The molecular formula is C17H17ClN2O4. The third-order valence-electron chi connectivity index (χ3n) is 3.38. The van der Waals surface area contributed by atoms with Gasteiger partial charge in [0.2, 0.25) is 0 Å². The Bertz CT molecular complexity index is 747. The van der Waals surface area contributed by atoms with Crippen molar-refractivity contribution in [2.24, 2.45) is 0 Å². The molecule has 2 aromatic rings. The first-order valence-corrected chi connectivity index (χ1v) is 7.71. The normalized spacial score (nSPS) is 10.3. The van der Waals surface area contributed by atoms with Gasteiger partial charge >= 0.3 is 5.69 Å². The maximum Gasteiger partial charge on any atom is 0.311 e. The number of amides is 1. The summed E-state index contributed by atoms with van der Waals surface area (Å²) in [5.41, 5.74) is 0.930. The molecule has 0 aliphatic rings. The Hall–Kier alpha value is -2.60. The molecule has 6 nitrogen and oxygen atoms in total. The molecule has 2 aromatic carbocycles. The van der Waals surface area contributed by atoms with E-state index < -0.39 is 4.92 Å². The van der Waals surface area contributed by atoms with Gasteiger partial charge in [0.1, 0.15) is 0 Å². The molecule has 7 heteroatoms. The lowest BCUT2D eigenvalue weighted by Gasteiger charge is -2.17. The Kier molecular flexibility index (Phi) is 5.76. The number of ether oxygens (including phenoxy) is 1. The molecule has 0 radical (unpaired) electrons. The van der Waals surface area contributed by atoms with Crippen LogP contribution in [0, 0.1) is 10.1 Å². The predicted octanol–water partition coefficient (Wildman–Crippen LogP) is 3.92. The lowest BCUT2D eigenvalue weighted by Crippen LogP contribution is -2.26. The quantitative estimate of drug-likeness (QED) is 0.586. The number of hydrogen-bond acceptors (Lipinski definition) is 4. The van der Waals surface area contributed by atoms with Crippen molar-refractivity contribution in [2.75, 3.05) is 13.7 Å². The van der Waals surface area contributed by atoms with Gasteiger partial charge in [-0.25, -0.2) is 0 Å². The van der Waals surface area contributed by atoms with Gasteiger partial charge < -0.3 is 9.64 Å². The van der Waals surface area contributed by atoms with E-state index in [1.54, 1.807) is 26.1 Å². The first-order chi connectivity index (χ1) is 11.4. The Morgan fingerprint density at radius 1 is 1.25 bits per heavy atom. The number of nitrogens with zero attached hydrogens (tertiary/aromatic N) is 2. The minimum Gasteiger partial charge on any atom is -0.487 e. The van der Waals surface area contributed by atoms with E-state index in [2.05, 4.69) is 0 Å². The largest absolute Gasteiger partial charge is 0.487 e. The molecule has 0 N–H and O–H groups in total. The van der Waals surface area contributed by atoms with E-state index in [1.807, 2.05) is 12.1 Å². The van der Waals surface area contributed by atoms with Gasteiger partial charge in [-0.15, -0.1) is 0 Å². The van der Waals surface area contributed by atoms with Crippen LogP contribution in [0.15, 0.2) is 42.5 Å². The van der Waals surface area contributed by atoms with Gasteiger partial charge in [0.15, 0.2) is 5.75 Å². The first-order valence-electron chi connectivity index (χ1n) is 7.33. The summed E-state index contributed by atoms with van der Waals surface area (Å²) < 4.78 is 5.22. The van der Waals surface area contributed by atoms with Crippen molar-refractivity contribution < 1.29 is 14.5 Å². The van der Waals surface area contributed by atoms with E-state index in [0.29, 0.717) is 18.2 Å². The maximum atomic E-state index is 12.5. The van der Waals surface area contributed by atoms with Crippen LogP contribution in [0.1, 0.15) is 22.8 Å². The fourth-order valence-electron chi connectivity index (χ4n) is 2.23. The van der Waals surface area contributed by atoms with Gasteiger partial charge in [-0.3, -0.25) is 14.9 Å². The Morgan fingerprint density at radius 3 is 2.50 bits per heavy atom. The zero-order valence-electron chi connectivity index (χ0n) is 13.4. The number of rotatable bonds is 6. The fraction of sp³-hybridized carbons (Fsp3) is 0.235. The lowest BCUT2D eigenvalue weighted by atomic mass is 10.1. The van der Waals surface area contributed by atoms with Crippen molar-refractivity contribution in [3.05, 3.63) is 68.7 Å². The smallest absolute Gasteiger partial charge is 0.311 e. The van der Waals surface area contributed by atoms with E-state index in [-0.39, 0.29) is 22.9 Å². The standard InChI is InChI=1S/C17H17ClN2O4/c1-3-24-16-9-6-13(10-15(16)20(22)23)17(21)19(2)11-12-4-7-14(18)8-5-12/h4-10H,3,11H2,1-2H3. The van der Waals surface area contributed by atoms with Crippen molar-refractivity contribution in [1.82, 2.24) is 4.90 Å². The Balaban J connectivity index is 2.20. The molecule has 0 spiro atoms. The lowest BCUT2D eigenvalue weighted by molar-refractivity contribution is -0.385. The summed E-state index contributed by atoms with van der Waals surface area (Å²) in [7, 11) is 1.64. The van der Waals surface area contributed by atoms with Gasteiger partial charge in [-0.05, 0) is 36.8 Å². The van der Waals surface area contributed by atoms with Crippen molar-refractivity contribution in [2.45, 2.75) is 13.5 Å². The maximum absolute atomic E-state index is 12.5. The summed E-state index contributed by atoms with van der Waals surface area (Å²) in [5, 5.41) is 11.8. The second kappa shape index (κ2) is 7.79. The van der Waals surface area contributed by atoms with Crippen LogP contribution < -0.4 is 4.74 Å². The minimum atomic E-state index is -0.555. The molecule has 0 aliphatic heterocycles. The highest BCUT2D eigenvalue weighted by Crippen LogP contribution is 2.28. The number of nitro benzene ring substituents is 1. The first kappa shape index (κ1) is 17.7. The molecule has 24 heavy (non-hydrogen) atoms. The third kappa shape index (κ3) is 4.23. The minimum absolute atomic E-state index is 0.152. The summed E-state index contributed by atoms with van der Waals surface area (Å²) in [6.45, 7) is 2.42. The Labute approximate surface area is 144 Å². The molecule has 0 atom stereocenters. The molecule has 0 aromatic heterocycles. The fourth-order valence-corrected chi connectivity index (χ4v) is 2.35. The molecule has 0 heterocycles. The van der Waals surface area contributed by atoms with Crippen molar-refractivity contribution in [3.63, 3.8) is 0 Å². The molecule has 0 saturated heterocycles.